The van der Waals surface area contributed by atoms with Crippen LogP contribution < -0.4 is 14.2 Å². The number of sulfonamides is 1. The zero-order valence-electron chi connectivity index (χ0n) is 11.8. The molecule has 0 aliphatic carbocycles. The highest BCUT2D eigenvalue weighted by Gasteiger charge is 2.18. The molecule has 0 aliphatic heterocycles. The molecule has 0 spiro atoms. The number of benzene rings is 1. The second-order valence-corrected chi connectivity index (χ2v) is 5.75. The smallest absolute Gasteiger partial charge is 0.265 e. The lowest BCUT2D eigenvalue weighted by atomic mass is 10.3. The zero-order chi connectivity index (χ0) is 15.3. The number of nitrogens with one attached hydrogen (secondary N) is 2. The highest BCUT2D eigenvalue weighted by Crippen LogP contribution is 2.31. The largest absolute Gasteiger partial charge is 0.494 e. The summed E-state index contributed by atoms with van der Waals surface area (Å²) in [6.45, 7) is 4.59. The maximum Gasteiger partial charge on any atom is 0.265 e. The van der Waals surface area contributed by atoms with Crippen LogP contribution in [0.15, 0.2) is 35.5 Å². The number of nitrogens with zero attached hydrogens (tertiary/aromatic N) is 1. The average molecular weight is 311 g/mol. The number of ether oxygens (including phenoxy) is 2. The first-order valence-corrected chi connectivity index (χ1v) is 7.96. The van der Waals surface area contributed by atoms with Crippen molar-refractivity contribution in [2.45, 2.75) is 18.7 Å². The summed E-state index contributed by atoms with van der Waals surface area (Å²) in [7, 11) is -3.72. The molecule has 1 heterocycles. The van der Waals surface area contributed by atoms with Crippen molar-refractivity contribution in [3.05, 3.63) is 30.6 Å². The quantitative estimate of drug-likeness (QED) is 0.816. The van der Waals surface area contributed by atoms with Gasteiger partial charge in [0.2, 0.25) is 0 Å². The van der Waals surface area contributed by atoms with Crippen LogP contribution in [-0.2, 0) is 10.0 Å². The van der Waals surface area contributed by atoms with Gasteiger partial charge in [0, 0.05) is 12.3 Å². The number of rotatable bonds is 7. The van der Waals surface area contributed by atoms with E-state index in [0.29, 0.717) is 30.4 Å². The van der Waals surface area contributed by atoms with Gasteiger partial charge in [-0.25, -0.2) is 8.42 Å². The molecule has 8 heteroatoms. The molecule has 7 nitrogen and oxygen atoms in total. The molecule has 21 heavy (non-hydrogen) atoms. The summed E-state index contributed by atoms with van der Waals surface area (Å²) in [5.41, 5.74) is 0.323. The normalized spacial score (nSPS) is 11.1. The standard InChI is InChI=1S/C13H17N3O4S/c1-3-19-10-5-6-13(20-4-2)12(7-10)16-21(17,18)11-8-14-15-9-11/h5-9,16H,3-4H2,1-2H3,(H,14,15). The summed E-state index contributed by atoms with van der Waals surface area (Å²) in [5.74, 6) is 0.999. The minimum atomic E-state index is -3.72. The van der Waals surface area contributed by atoms with E-state index >= 15 is 0 Å². The van der Waals surface area contributed by atoms with Gasteiger partial charge in [0.05, 0.1) is 25.1 Å². The number of hydrogen-bond acceptors (Lipinski definition) is 5. The van der Waals surface area contributed by atoms with Gasteiger partial charge >= 0.3 is 0 Å². The molecule has 0 fully saturated rings. The molecule has 2 N–H and O–H groups in total. The number of hydrogen-bond donors (Lipinski definition) is 2. The SMILES string of the molecule is CCOc1ccc(OCC)c(NS(=O)(=O)c2cn[nH]c2)c1. The Morgan fingerprint density at radius 3 is 2.62 bits per heavy atom. The molecule has 0 unspecified atom stereocenters. The maximum atomic E-state index is 12.2. The summed E-state index contributed by atoms with van der Waals surface area (Å²) in [6, 6.07) is 4.98. The zero-order valence-corrected chi connectivity index (χ0v) is 12.6. The Hall–Kier alpha value is -2.22. The molecule has 0 saturated heterocycles. The van der Waals surface area contributed by atoms with Gasteiger partial charge in [-0.1, -0.05) is 0 Å². The third kappa shape index (κ3) is 3.66. The molecule has 0 amide bonds. The van der Waals surface area contributed by atoms with Crippen LogP contribution in [0.25, 0.3) is 0 Å². The Morgan fingerprint density at radius 1 is 1.24 bits per heavy atom. The fourth-order valence-corrected chi connectivity index (χ4v) is 2.68. The summed E-state index contributed by atoms with van der Waals surface area (Å²) in [4.78, 5) is 0.0479. The van der Waals surface area contributed by atoms with E-state index in [1.807, 2.05) is 13.8 Å². The molecule has 0 bridgehead atoms. The molecule has 1 aromatic carbocycles. The molecular weight excluding hydrogens is 294 g/mol. The minimum absolute atomic E-state index is 0.0479. The summed E-state index contributed by atoms with van der Waals surface area (Å²) in [6.07, 6.45) is 2.53. The lowest BCUT2D eigenvalue weighted by molar-refractivity contribution is 0.332. The molecule has 0 radical (unpaired) electrons. The van der Waals surface area contributed by atoms with Crippen molar-refractivity contribution in [3.8, 4) is 11.5 Å². The first kappa shape index (κ1) is 15.2. The Kier molecular flexibility index (Phi) is 4.69. The Morgan fingerprint density at radius 2 is 2.00 bits per heavy atom. The van der Waals surface area contributed by atoms with E-state index in [1.54, 1.807) is 18.2 Å². The second kappa shape index (κ2) is 6.49. The molecule has 2 aromatic rings. The maximum absolute atomic E-state index is 12.2. The van der Waals surface area contributed by atoms with Gasteiger partial charge in [-0.2, -0.15) is 5.10 Å². The fraction of sp³-hybridized carbons (Fsp3) is 0.308. The molecule has 1 aromatic heterocycles. The minimum Gasteiger partial charge on any atom is -0.494 e. The number of H-pyrrole nitrogens is 1. The van der Waals surface area contributed by atoms with Gasteiger partial charge in [0.25, 0.3) is 10.0 Å². The molecule has 2 rings (SSSR count). The summed E-state index contributed by atoms with van der Waals surface area (Å²) >= 11 is 0. The monoisotopic (exact) mass is 311 g/mol. The van der Waals surface area contributed by atoms with E-state index in [-0.39, 0.29) is 4.90 Å². The van der Waals surface area contributed by atoms with Gasteiger partial charge in [-0.05, 0) is 26.0 Å². The highest BCUT2D eigenvalue weighted by molar-refractivity contribution is 7.92. The molecule has 114 valence electrons. The highest BCUT2D eigenvalue weighted by atomic mass is 32.2. The van der Waals surface area contributed by atoms with Crippen molar-refractivity contribution in [2.75, 3.05) is 17.9 Å². The fourth-order valence-electron chi connectivity index (χ4n) is 1.72. The van der Waals surface area contributed by atoms with Crippen molar-refractivity contribution in [3.63, 3.8) is 0 Å². The summed E-state index contributed by atoms with van der Waals surface area (Å²) < 4.78 is 37.7. The van der Waals surface area contributed by atoms with Crippen molar-refractivity contribution >= 4 is 15.7 Å². The van der Waals surface area contributed by atoms with Crippen LogP contribution in [-0.4, -0.2) is 31.8 Å². The third-order valence-corrected chi connectivity index (χ3v) is 3.92. The van der Waals surface area contributed by atoms with Gasteiger partial charge in [0.15, 0.2) is 0 Å². The Balaban J connectivity index is 2.34. The molecule has 0 saturated carbocycles. The first-order valence-electron chi connectivity index (χ1n) is 6.48. The van der Waals surface area contributed by atoms with Crippen LogP contribution in [0, 0.1) is 0 Å². The van der Waals surface area contributed by atoms with Gasteiger partial charge in [-0.15, -0.1) is 0 Å². The van der Waals surface area contributed by atoms with E-state index in [4.69, 9.17) is 9.47 Å². The topological polar surface area (TPSA) is 93.3 Å². The van der Waals surface area contributed by atoms with E-state index in [9.17, 15) is 8.42 Å². The Bertz CT molecular complexity index is 683. The molecular formula is C13H17N3O4S. The van der Waals surface area contributed by atoms with Gasteiger partial charge in [-0.3, -0.25) is 9.82 Å². The predicted molar refractivity (Wildman–Crippen MR) is 78.2 cm³/mol. The van der Waals surface area contributed by atoms with Crippen LogP contribution in [0.5, 0.6) is 11.5 Å². The number of anilines is 1. The van der Waals surface area contributed by atoms with Gasteiger partial charge in [0.1, 0.15) is 16.4 Å². The van der Waals surface area contributed by atoms with Crippen LogP contribution in [0.3, 0.4) is 0 Å². The van der Waals surface area contributed by atoms with Gasteiger partial charge < -0.3 is 9.47 Å². The predicted octanol–water partition coefficient (Wildman–Crippen LogP) is 2.01. The lowest BCUT2D eigenvalue weighted by Crippen LogP contribution is -2.13. The van der Waals surface area contributed by atoms with Crippen LogP contribution in [0.1, 0.15) is 13.8 Å². The van der Waals surface area contributed by atoms with Crippen LogP contribution in [0.2, 0.25) is 0 Å². The van der Waals surface area contributed by atoms with Crippen molar-refractivity contribution in [1.29, 1.82) is 0 Å². The molecule has 0 atom stereocenters. The average Bonchev–Trinajstić information content (AvgIpc) is 2.97. The van der Waals surface area contributed by atoms with Crippen LogP contribution >= 0.6 is 0 Å². The summed E-state index contributed by atoms with van der Waals surface area (Å²) in [5, 5.41) is 6.10. The van der Waals surface area contributed by atoms with Crippen molar-refractivity contribution < 1.29 is 17.9 Å². The van der Waals surface area contributed by atoms with E-state index in [0.717, 1.165) is 0 Å². The van der Waals surface area contributed by atoms with Crippen molar-refractivity contribution in [1.82, 2.24) is 10.2 Å². The van der Waals surface area contributed by atoms with E-state index in [1.165, 1.54) is 12.4 Å². The third-order valence-electron chi connectivity index (χ3n) is 2.59. The van der Waals surface area contributed by atoms with E-state index in [2.05, 4.69) is 14.9 Å². The van der Waals surface area contributed by atoms with Crippen LogP contribution in [0.4, 0.5) is 5.69 Å². The Labute approximate surface area is 123 Å². The lowest BCUT2D eigenvalue weighted by Gasteiger charge is -2.14. The second-order valence-electron chi connectivity index (χ2n) is 4.06. The number of aromatic nitrogens is 2. The molecule has 0 aliphatic rings. The van der Waals surface area contributed by atoms with Crippen molar-refractivity contribution in [2.24, 2.45) is 0 Å². The first-order chi connectivity index (χ1) is 10.1. The number of aromatic amines is 1. The van der Waals surface area contributed by atoms with E-state index < -0.39 is 10.0 Å².